The van der Waals surface area contributed by atoms with Gasteiger partial charge in [-0.05, 0) is 30.7 Å². The third-order valence-corrected chi connectivity index (χ3v) is 2.32. The molecule has 0 saturated carbocycles. The van der Waals surface area contributed by atoms with E-state index in [0.717, 1.165) is 22.6 Å². The Hall–Kier alpha value is -2.16. The molecule has 1 aromatic carbocycles. The average molecular weight is 211 g/mol. The number of nitrogen functional groups attached to an aromatic ring is 1. The van der Waals surface area contributed by atoms with Crippen LogP contribution in [0.2, 0.25) is 0 Å². The van der Waals surface area contributed by atoms with Crippen molar-refractivity contribution in [1.29, 1.82) is 0 Å². The number of nitrogens with two attached hydrogens (primary N) is 1. The van der Waals surface area contributed by atoms with E-state index in [1.54, 1.807) is 12.4 Å². The zero-order valence-electron chi connectivity index (χ0n) is 9.09. The maximum absolute atomic E-state index is 5.91. The molecule has 0 atom stereocenters. The Balaban J connectivity index is 2.28. The van der Waals surface area contributed by atoms with E-state index in [2.05, 4.69) is 9.98 Å². The molecule has 1 aromatic heterocycles. The first-order chi connectivity index (χ1) is 7.77. The van der Waals surface area contributed by atoms with Crippen molar-refractivity contribution in [3.8, 4) is 0 Å². The van der Waals surface area contributed by atoms with Gasteiger partial charge in [0.05, 0.1) is 23.3 Å². The van der Waals surface area contributed by atoms with Gasteiger partial charge in [-0.3, -0.25) is 9.98 Å². The molecule has 0 aliphatic heterocycles. The Morgan fingerprint density at radius 2 is 2.06 bits per heavy atom. The molecule has 0 aliphatic rings. The topological polar surface area (TPSA) is 51.3 Å². The number of hydrogen-bond acceptors (Lipinski definition) is 3. The molecule has 0 spiro atoms. The number of nitrogens with zero attached hydrogens (tertiary/aromatic N) is 2. The van der Waals surface area contributed by atoms with Gasteiger partial charge in [0, 0.05) is 6.20 Å². The fourth-order valence-corrected chi connectivity index (χ4v) is 1.37. The maximum atomic E-state index is 5.91. The van der Waals surface area contributed by atoms with E-state index in [1.807, 2.05) is 43.3 Å². The molecule has 16 heavy (non-hydrogen) atoms. The van der Waals surface area contributed by atoms with E-state index in [-0.39, 0.29) is 0 Å². The van der Waals surface area contributed by atoms with Gasteiger partial charge in [-0.1, -0.05) is 18.2 Å². The number of benzene rings is 1. The zero-order valence-corrected chi connectivity index (χ0v) is 9.09. The molecule has 0 aliphatic carbocycles. The minimum Gasteiger partial charge on any atom is -0.397 e. The Bertz CT molecular complexity index is 504. The molecule has 80 valence electrons. The SMILES string of the molecule is Cc1cccc(/N=C/c2ccccn2)c1N. The van der Waals surface area contributed by atoms with Crippen LogP contribution in [0.3, 0.4) is 0 Å². The van der Waals surface area contributed by atoms with Gasteiger partial charge in [0.2, 0.25) is 0 Å². The van der Waals surface area contributed by atoms with E-state index in [9.17, 15) is 0 Å². The lowest BCUT2D eigenvalue weighted by atomic mass is 10.2. The predicted octanol–water partition coefficient (Wildman–Crippen LogP) is 2.72. The van der Waals surface area contributed by atoms with E-state index in [0.29, 0.717) is 0 Å². The molecule has 2 aromatic rings. The molecule has 0 fully saturated rings. The molecule has 0 amide bonds. The molecular weight excluding hydrogens is 198 g/mol. The van der Waals surface area contributed by atoms with E-state index < -0.39 is 0 Å². The number of pyridine rings is 1. The van der Waals surface area contributed by atoms with Crippen molar-refractivity contribution in [2.45, 2.75) is 6.92 Å². The minimum absolute atomic E-state index is 0.717. The minimum atomic E-state index is 0.717. The first-order valence-electron chi connectivity index (χ1n) is 5.07. The van der Waals surface area contributed by atoms with Crippen molar-refractivity contribution in [1.82, 2.24) is 4.98 Å². The van der Waals surface area contributed by atoms with Gasteiger partial charge in [0.25, 0.3) is 0 Å². The quantitative estimate of drug-likeness (QED) is 0.613. The molecule has 1 heterocycles. The van der Waals surface area contributed by atoms with Crippen molar-refractivity contribution in [2.75, 3.05) is 5.73 Å². The van der Waals surface area contributed by atoms with Crippen LogP contribution in [0.5, 0.6) is 0 Å². The van der Waals surface area contributed by atoms with Crippen molar-refractivity contribution in [3.05, 3.63) is 53.9 Å². The Labute approximate surface area is 94.7 Å². The summed E-state index contributed by atoms with van der Waals surface area (Å²) in [6.45, 7) is 1.97. The predicted molar refractivity (Wildman–Crippen MR) is 67.1 cm³/mol. The Kier molecular flexibility index (Phi) is 2.96. The van der Waals surface area contributed by atoms with Crippen LogP contribution in [-0.4, -0.2) is 11.2 Å². The van der Waals surface area contributed by atoms with Crippen molar-refractivity contribution in [2.24, 2.45) is 4.99 Å². The van der Waals surface area contributed by atoms with Crippen LogP contribution in [0.1, 0.15) is 11.3 Å². The van der Waals surface area contributed by atoms with Gasteiger partial charge >= 0.3 is 0 Å². The van der Waals surface area contributed by atoms with Crippen LogP contribution in [0.4, 0.5) is 11.4 Å². The first kappa shape index (κ1) is 10.4. The number of aliphatic imine (C=N–C) groups is 1. The van der Waals surface area contributed by atoms with Gasteiger partial charge in [0.1, 0.15) is 0 Å². The van der Waals surface area contributed by atoms with Crippen molar-refractivity contribution < 1.29 is 0 Å². The summed E-state index contributed by atoms with van der Waals surface area (Å²) in [5, 5.41) is 0. The molecular formula is C13H13N3. The summed E-state index contributed by atoms with van der Waals surface area (Å²) >= 11 is 0. The van der Waals surface area contributed by atoms with E-state index in [4.69, 9.17) is 5.73 Å². The van der Waals surface area contributed by atoms with Gasteiger partial charge in [-0.25, -0.2) is 0 Å². The summed E-state index contributed by atoms with van der Waals surface area (Å²) < 4.78 is 0. The van der Waals surface area contributed by atoms with Gasteiger partial charge in [0.15, 0.2) is 0 Å². The number of aryl methyl sites for hydroxylation is 1. The second-order valence-electron chi connectivity index (χ2n) is 3.52. The molecule has 2 N–H and O–H groups in total. The second-order valence-corrected chi connectivity index (χ2v) is 3.52. The normalized spacial score (nSPS) is 10.8. The highest BCUT2D eigenvalue weighted by atomic mass is 14.8. The lowest BCUT2D eigenvalue weighted by Crippen LogP contribution is -1.90. The van der Waals surface area contributed by atoms with Crippen molar-refractivity contribution >= 4 is 17.6 Å². The largest absolute Gasteiger partial charge is 0.397 e. The lowest BCUT2D eigenvalue weighted by Gasteiger charge is -2.02. The summed E-state index contributed by atoms with van der Waals surface area (Å²) in [6, 6.07) is 11.5. The highest BCUT2D eigenvalue weighted by Gasteiger charge is 1.98. The summed E-state index contributed by atoms with van der Waals surface area (Å²) in [4.78, 5) is 8.48. The first-order valence-corrected chi connectivity index (χ1v) is 5.07. The number of rotatable bonds is 2. The maximum Gasteiger partial charge on any atom is 0.0862 e. The van der Waals surface area contributed by atoms with Crippen LogP contribution >= 0.6 is 0 Å². The number of para-hydroxylation sites is 1. The third kappa shape index (κ3) is 2.25. The average Bonchev–Trinajstić information content (AvgIpc) is 2.32. The van der Waals surface area contributed by atoms with Gasteiger partial charge in [-0.15, -0.1) is 0 Å². The van der Waals surface area contributed by atoms with E-state index in [1.165, 1.54) is 0 Å². The fraction of sp³-hybridized carbons (Fsp3) is 0.0769. The third-order valence-electron chi connectivity index (χ3n) is 2.32. The highest BCUT2D eigenvalue weighted by molar-refractivity contribution is 5.82. The van der Waals surface area contributed by atoms with Crippen LogP contribution in [-0.2, 0) is 0 Å². The number of aromatic nitrogens is 1. The van der Waals surface area contributed by atoms with E-state index >= 15 is 0 Å². The van der Waals surface area contributed by atoms with Crippen LogP contribution in [0.15, 0.2) is 47.6 Å². The highest BCUT2D eigenvalue weighted by Crippen LogP contribution is 2.24. The smallest absolute Gasteiger partial charge is 0.0862 e. The standard InChI is InChI=1S/C13H13N3/c1-10-5-4-7-12(13(10)14)16-9-11-6-2-3-8-15-11/h2-9H,14H2,1H3/b16-9+. The van der Waals surface area contributed by atoms with Crippen LogP contribution in [0.25, 0.3) is 0 Å². The Morgan fingerprint density at radius 3 is 2.81 bits per heavy atom. The zero-order chi connectivity index (χ0) is 11.4. The number of hydrogen-bond donors (Lipinski definition) is 1. The van der Waals surface area contributed by atoms with Gasteiger partial charge < -0.3 is 5.73 Å². The Morgan fingerprint density at radius 1 is 1.19 bits per heavy atom. The molecule has 0 radical (unpaired) electrons. The molecule has 0 bridgehead atoms. The molecule has 2 rings (SSSR count). The van der Waals surface area contributed by atoms with Gasteiger partial charge in [-0.2, -0.15) is 0 Å². The lowest BCUT2D eigenvalue weighted by molar-refractivity contribution is 1.30. The summed E-state index contributed by atoms with van der Waals surface area (Å²) in [6.07, 6.45) is 3.45. The summed E-state index contributed by atoms with van der Waals surface area (Å²) in [5.74, 6) is 0. The monoisotopic (exact) mass is 211 g/mol. The van der Waals surface area contributed by atoms with Crippen molar-refractivity contribution in [3.63, 3.8) is 0 Å². The van der Waals surface area contributed by atoms with Crippen LogP contribution < -0.4 is 5.73 Å². The molecule has 0 unspecified atom stereocenters. The summed E-state index contributed by atoms with van der Waals surface area (Å²) in [5.41, 5.74) is 9.27. The summed E-state index contributed by atoms with van der Waals surface area (Å²) in [7, 11) is 0. The molecule has 0 saturated heterocycles. The number of anilines is 1. The fourth-order valence-electron chi connectivity index (χ4n) is 1.37. The molecule has 3 nitrogen and oxygen atoms in total. The van der Waals surface area contributed by atoms with Crippen LogP contribution in [0, 0.1) is 6.92 Å². The molecule has 3 heteroatoms. The second kappa shape index (κ2) is 4.57.